The number of aryl methyl sites for hydroxylation is 2. The van der Waals surface area contributed by atoms with Gasteiger partial charge in [-0.3, -0.25) is 4.68 Å². The van der Waals surface area contributed by atoms with E-state index in [0.717, 1.165) is 11.4 Å². The molecule has 1 rings (SSSR count). The van der Waals surface area contributed by atoms with Crippen LogP contribution >= 0.6 is 0 Å². The van der Waals surface area contributed by atoms with Crippen LogP contribution in [-0.2, 0) is 18.2 Å². The third-order valence-corrected chi connectivity index (χ3v) is 2.63. The van der Waals surface area contributed by atoms with Crippen LogP contribution in [-0.4, -0.2) is 41.8 Å². The summed E-state index contributed by atoms with van der Waals surface area (Å²) in [7, 11) is 1.82. The lowest BCUT2D eigenvalue weighted by Gasteiger charge is -2.18. The predicted octanol–water partition coefficient (Wildman–Crippen LogP) is 1.83. The molecule has 0 radical (unpaired) electrons. The molecule has 1 aromatic rings. The zero-order chi connectivity index (χ0) is 14.5. The van der Waals surface area contributed by atoms with E-state index >= 15 is 0 Å². The number of alkyl halides is 3. The monoisotopic (exact) mass is 279 g/mol. The number of nitrogens with one attached hydrogen (secondary N) is 1. The Morgan fingerprint density at radius 2 is 2.16 bits per heavy atom. The molecule has 1 heterocycles. The van der Waals surface area contributed by atoms with Crippen LogP contribution in [0.15, 0.2) is 6.07 Å². The summed E-state index contributed by atoms with van der Waals surface area (Å²) in [6, 6.07) is 1.77. The molecule has 0 aliphatic heterocycles. The van der Waals surface area contributed by atoms with Gasteiger partial charge in [0.15, 0.2) is 0 Å². The Bertz CT molecular complexity index is 390. The second-order valence-electron chi connectivity index (χ2n) is 4.49. The topological polar surface area (TPSA) is 39.1 Å². The van der Waals surface area contributed by atoms with Gasteiger partial charge < -0.3 is 10.1 Å². The fourth-order valence-corrected chi connectivity index (χ4v) is 1.90. The van der Waals surface area contributed by atoms with Crippen molar-refractivity contribution < 1.29 is 17.9 Å². The first-order valence-electron chi connectivity index (χ1n) is 6.19. The maximum atomic E-state index is 12.0. The highest BCUT2D eigenvalue weighted by Crippen LogP contribution is 2.15. The number of halogens is 3. The summed E-state index contributed by atoms with van der Waals surface area (Å²) in [6.45, 7) is 3.28. The van der Waals surface area contributed by atoms with Gasteiger partial charge in [-0.05, 0) is 19.5 Å². The molecule has 1 atom stereocenters. The van der Waals surface area contributed by atoms with Crippen molar-refractivity contribution in [2.75, 3.05) is 19.8 Å². The Labute approximate surface area is 110 Å². The second-order valence-corrected chi connectivity index (χ2v) is 4.49. The fraction of sp³-hybridized carbons (Fsp3) is 0.750. The zero-order valence-corrected chi connectivity index (χ0v) is 11.4. The van der Waals surface area contributed by atoms with Crippen molar-refractivity contribution in [2.45, 2.75) is 32.5 Å². The van der Waals surface area contributed by atoms with E-state index in [-0.39, 0.29) is 12.6 Å². The fourth-order valence-electron chi connectivity index (χ4n) is 1.90. The molecule has 0 amide bonds. The van der Waals surface area contributed by atoms with Crippen molar-refractivity contribution in [3.63, 3.8) is 0 Å². The van der Waals surface area contributed by atoms with Crippen molar-refractivity contribution in [1.82, 2.24) is 15.1 Å². The van der Waals surface area contributed by atoms with E-state index in [4.69, 9.17) is 4.74 Å². The van der Waals surface area contributed by atoms with Gasteiger partial charge in [-0.1, -0.05) is 6.92 Å². The summed E-state index contributed by atoms with van der Waals surface area (Å²) in [5.41, 5.74) is 1.86. The number of aromatic nitrogens is 2. The predicted molar refractivity (Wildman–Crippen MR) is 66.0 cm³/mol. The van der Waals surface area contributed by atoms with Gasteiger partial charge >= 0.3 is 6.18 Å². The summed E-state index contributed by atoms with van der Waals surface area (Å²) in [6.07, 6.45) is -3.69. The first-order chi connectivity index (χ1) is 8.81. The highest BCUT2D eigenvalue weighted by atomic mass is 19.4. The van der Waals surface area contributed by atoms with E-state index in [9.17, 15) is 13.2 Å². The Morgan fingerprint density at radius 1 is 1.47 bits per heavy atom. The molecule has 0 aliphatic carbocycles. The Hall–Kier alpha value is -1.08. The zero-order valence-electron chi connectivity index (χ0n) is 11.4. The minimum atomic E-state index is -4.28. The van der Waals surface area contributed by atoms with Gasteiger partial charge in [0, 0.05) is 25.2 Å². The molecule has 4 nitrogen and oxygen atoms in total. The first-order valence-corrected chi connectivity index (χ1v) is 6.19. The van der Waals surface area contributed by atoms with E-state index < -0.39 is 12.8 Å². The van der Waals surface area contributed by atoms with Crippen molar-refractivity contribution in [2.24, 2.45) is 7.05 Å². The lowest BCUT2D eigenvalue weighted by atomic mass is 10.1. The molecule has 1 aromatic heterocycles. The smallest absolute Gasteiger partial charge is 0.370 e. The molecule has 0 aromatic carbocycles. The molecular weight excluding hydrogens is 259 g/mol. The van der Waals surface area contributed by atoms with Crippen molar-refractivity contribution in [3.8, 4) is 0 Å². The maximum Gasteiger partial charge on any atom is 0.411 e. The standard InChI is InChI=1S/C12H20F3N3O/c1-4-16-10(7-19-8-12(13,14)15)6-11-5-9(2)17-18(11)3/h5,10,16H,4,6-8H2,1-3H3. The Kier molecular flexibility index (Phi) is 5.81. The number of rotatable bonds is 7. The van der Waals surface area contributed by atoms with Crippen LogP contribution in [0.5, 0.6) is 0 Å². The summed E-state index contributed by atoms with van der Waals surface area (Å²) < 4.78 is 42.5. The number of hydrogen-bond donors (Lipinski definition) is 1. The van der Waals surface area contributed by atoms with Crippen LogP contribution in [0.2, 0.25) is 0 Å². The molecule has 0 fully saturated rings. The molecule has 0 bridgehead atoms. The van der Waals surface area contributed by atoms with Crippen LogP contribution in [0.1, 0.15) is 18.3 Å². The number of hydrogen-bond acceptors (Lipinski definition) is 3. The molecule has 110 valence electrons. The van der Waals surface area contributed by atoms with E-state index in [1.165, 1.54) is 0 Å². The SMILES string of the molecule is CCNC(COCC(F)(F)F)Cc1cc(C)nn1C. The average Bonchev–Trinajstić information content (AvgIpc) is 2.55. The number of ether oxygens (including phenoxy) is 1. The molecular formula is C12H20F3N3O. The van der Waals surface area contributed by atoms with Gasteiger partial charge in [0.25, 0.3) is 0 Å². The molecule has 0 saturated carbocycles. The molecule has 1 N–H and O–H groups in total. The molecule has 0 spiro atoms. The van der Waals surface area contributed by atoms with Crippen LogP contribution in [0, 0.1) is 6.92 Å². The molecule has 0 saturated heterocycles. The van der Waals surface area contributed by atoms with Crippen LogP contribution in [0.3, 0.4) is 0 Å². The largest absolute Gasteiger partial charge is 0.411 e. The maximum absolute atomic E-state index is 12.0. The number of likely N-dealkylation sites (N-methyl/N-ethyl adjacent to an activating group) is 1. The Balaban J connectivity index is 2.50. The lowest BCUT2D eigenvalue weighted by molar-refractivity contribution is -0.175. The van der Waals surface area contributed by atoms with Crippen molar-refractivity contribution in [3.05, 3.63) is 17.5 Å². The van der Waals surface area contributed by atoms with Gasteiger partial charge in [-0.2, -0.15) is 18.3 Å². The van der Waals surface area contributed by atoms with Gasteiger partial charge in [0.1, 0.15) is 6.61 Å². The summed E-state index contributed by atoms with van der Waals surface area (Å²) in [5, 5.41) is 7.33. The van der Waals surface area contributed by atoms with Gasteiger partial charge in [0.2, 0.25) is 0 Å². The van der Waals surface area contributed by atoms with Crippen LogP contribution < -0.4 is 5.32 Å². The van der Waals surface area contributed by atoms with E-state index in [2.05, 4.69) is 10.4 Å². The minimum Gasteiger partial charge on any atom is -0.370 e. The lowest BCUT2D eigenvalue weighted by Crippen LogP contribution is -2.37. The second kappa shape index (κ2) is 6.91. The molecule has 0 aliphatic rings. The van der Waals surface area contributed by atoms with Crippen molar-refractivity contribution in [1.29, 1.82) is 0 Å². The third kappa shape index (κ3) is 6.07. The van der Waals surface area contributed by atoms with Crippen LogP contribution in [0.25, 0.3) is 0 Å². The summed E-state index contributed by atoms with van der Waals surface area (Å²) in [5.74, 6) is 0. The Morgan fingerprint density at radius 3 is 2.63 bits per heavy atom. The first kappa shape index (κ1) is 16.0. The van der Waals surface area contributed by atoms with E-state index in [1.54, 1.807) is 4.68 Å². The van der Waals surface area contributed by atoms with Gasteiger partial charge in [0.05, 0.1) is 12.3 Å². The third-order valence-electron chi connectivity index (χ3n) is 2.63. The highest BCUT2D eigenvalue weighted by Gasteiger charge is 2.28. The van der Waals surface area contributed by atoms with Gasteiger partial charge in [-0.15, -0.1) is 0 Å². The normalized spacial score (nSPS) is 13.8. The summed E-state index contributed by atoms with van der Waals surface area (Å²) in [4.78, 5) is 0. The minimum absolute atomic E-state index is 0.0254. The van der Waals surface area contributed by atoms with E-state index in [1.807, 2.05) is 27.0 Å². The molecule has 19 heavy (non-hydrogen) atoms. The molecule has 7 heteroatoms. The number of nitrogens with zero attached hydrogens (tertiary/aromatic N) is 2. The molecule has 1 unspecified atom stereocenters. The quantitative estimate of drug-likeness (QED) is 0.827. The highest BCUT2D eigenvalue weighted by molar-refractivity contribution is 5.10. The summed E-state index contributed by atoms with van der Waals surface area (Å²) >= 11 is 0. The van der Waals surface area contributed by atoms with Crippen LogP contribution in [0.4, 0.5) is 13.2 Å². The van der Waals surface area contributed by atoms with E-state index in [0.29, 0.717) is 13.0 Å². The average molecular weight is 279 g/mol. The van der Waals surface area contributed by atoms with Crippen molar-refractivity contribution >= 4 is 0 Å². The van der Waals surface area contributed by atoms with Gasteiger partial charge in [-0.25, -0.2) is 0 Å².